The molecule has 1 atom stereocenters. The van der Waals surface area contributed by atoms with Crippen molar-refractivity contribution in [3.05, 3.63) is 71.1 Å². The molecule has 1 heterocycles. The van der Waals surface area contributed by atoms with Crippen molar-refractivity contribution in [1.82, 2.24) is 4.72 Å². The van der Waals surface area contributed by atoms with Gasteiger partial charge in [-0.05, 0) is 29.7 Å². The van der Waals surface area contributed by atoms with Crippen LogP contribution in [0.4, 0.5) is 0 Å². The second-order valence-electron chi connectivity index (χ2n) is 5.54. The minimum Gasteiger partial charge on any atom is -0.492 e. The maximum absolute atomic E-state index is 12.2. The Labute approximate surface area is 141 Å². The molecule has 0 aromatic heterocycles. The molecule has 6 heteroatoms. The number of hydrogen-bond donors (Lipinski definition) is 1. The third kappa shape index (κ3) is 4.02. The quantitative estimate of drug-likeness (QED) is 0.925. The van der Waals surface area contributed by atoms with E-state index in [1.807, 2.05) is 42.5 Å². The Balaban J connectivity index is 1.65. The fraction of sp³-hybridized carbons (Fsp3) is 0.167. The molecule has 2 aromatic carbocycles. The number of benzene rings is 2. The number of para-hydroxylation sites is 1. The number of hydrogen-bond acceptors (Lipinski definition) is 4. The minimum atomic E-state index is -3.84. The molecular weight excluding hydrogens is 326 g/mol. The van der Waals surface area contributed by atoms with Gasteiger partial charge in [0.2, 0.25) is 5.91 Å². The van der Waals surface area contributed by atoms with Gasteiger partial charge in [0, 0.05) is 0 Å². The number of sulfonamides is 1. The van der Waals surface area contributed by atoms with Gasteiger partial charge in [-0.3, -0.25) is 4.79 Å². The van der Waals surface area contributed by atoms with E-state index < -0.39 is 21.8 Å². The molecule has 1 N–H and O–H groups in total. The molecule has 2 aromatic rings. The standard InChI is InChI=1S/C18H17NO4S/c20-18(16-12-15-8-4-5-9-17(15)23-13-16)19-24(21,22)11-10-14-6-2-1-3-7-14/h1-11,16H,12-13H2,(H,19,20)/b11-10+. The Hall–Kier alpha value is -2.60. The fourth-order valence-electron chi connectivity index (χ4n) is 2.49. The number of nitrogens with one attached hydrogen (secondary N) is 1. The van der Waals surface area contributed by atoms with Crippen molar-refractivity contribution in [1.29, 1.82) is 0 Å². The lowest BCUT2D eigenvalue weighted by molar-refractivity contribution is -0.124. The van der Waals surface area contributed by atoms with Crippen LogP contribution in [0, 0.1) is 5.92 Å². The summed E-state index contributed by atoms with van der Waals surface area (Å²) in [4.78, 5) is 12.2. The van der Waals surface area contributed by atoms with Gasteiger partial charge >= 0.3 is 0 Å². The summed E-state index contributed by atoms with van der Waals surface area (Å²) in [5, 5.41) is 0.998. The van der Waals surface area contributed by atoms with Crippen LogP contribution in [0.5, 0.6) is 5.75 Å². The smallest absolute Gasteiger partial charge is 0.257 e. The zero-order valence-electron chi connectivity index (χ0n) is 12.9. The average molecular weight is 343 g/mol. The van der Waals surface area contributed by atoms with E-state index in [0.717, 1.165) is 22.3 Å². The van der Waals surface area contributed by atoms with Crippen LogP contribution in [-0.4, -0.2) is 20.9 Å². The maximum Gasteiger partial charge on any atom is 0.257 e. The zero-order chi connectivity index (χ0) is 17.0. The summed E-state index contributed by atoms with van der Waals surface area (Å²) in [6.45, 7) is 0.167. The van der Waals surface area contributed by atoms with Crippen molar-refractivity contribution < 1.29 is 17.9 Å². The Bertz CT molecular complexity index is 860. The lowest BCUT2D eigenvalue weighted by Crippen LogP contribution is -2.39. The first kappa shape index (κ1) is 16.3. The number of rotatable bonds is 4. The molecule has 0 saturated heterocycles. The largest absolute Gasteiger partial charge is 0.492 e. The number of amides is 1. The van der Waals surface area contributed by atoms with Gasteiger partial charge in [-0.25, -0.2) is 13.1 Å². The third-order valence-electron chi connectivity index (χ3n) is 3.73. The first-order valence-electron chi connectivity index (χ1n) is 7.54. The molecule has 1 amide bonds. The Morgan fingerprint density at radius 2 is 1.79 bits per heavy atom. The van der Waals surface area contributed by atoms with E-state index in [2.05, 4.69) is 4.72 Å². The maximum atomic E-state index is 12.2. The minimum absolute atomic E-state index is 0.167. The van der Waals surface area contributed by atoms with Crippen LogP contribution in [0.1, 0.15) is 11.1 Å². The Kier molecular flexibility index (Phi) is 4.66. The normalized spacial score (nSPS) is 17.1. The van der Waals surface area contributed by atoms with Gasteiger partial charge in [-0.2, -0.15) is 0 Å². The van der Waals surface area contributed by atoms with Crippen molar-refractivity contribution in [2.75, 3.05) is 6.61 Å². The van der Waals surface area contributed by atoms with Crippen LogP contribution in [0.15, 0.2) is 60.0 Å². The third-order valence-corrected chi connectivity index (χ3v) is 4.71. The molecule has 24 heavy (non-hydrogen) atoms. The van der Waals surface area contributed by atoms with E-state index in [9.17, 15) is 13.2 Å². The number of ether oxygens (including phenoxy) is 1. The summed E-state index contributed by atoms with van der Waals surface area (Å²) in [5.74, 6) is -0.338. The van der Waals surface area contributed by atoms with Gasteiger partial charge in [-0.15, -0.1) is 0 Å². The highest BCUT2D eigenvalue weighted by molar-refractivity contribution is 7.93. The molecule has 124 valence electrons. The van der Waals surface area contributed by atoms with Crippen molar-refractivity contribution >= 4 is 22.0 Å². The van der Waals surface area contributed by atoms with E-state index in [0.29, 0.717) is 6.42 Å². The Morgan fingerprint density at radius 3 is 2.58 bits per heavy atom. The summed E-state index contributed by atoms with van der Waals surface area (Å²) < 4.78 is 31.7. The molecular formula is C18H17NO4S. The Morgan fingerprint density at radius 1 is 1.08 bits per heavy atom. The number of carbonyl (C=O) groups excluding carboxylic acids is 1. The van der Waals surface area contributed by atoms with Crippen LogP contribution in [0.2, 0.25) is 0 Å². The fourth-order valence-corrected chi connectivity index (χ4v) is 3.34. The molecule has 0 bridgehead atoms. The van der Waals surface area contributed by atoms with E-state index in [1.54, 1.807) is 12.1 Å². The van der Waals surface area contributed by atoms with E-state index in [4.69, 9.17) is 4.74 Å². The summed E-state index contributed by atoms with van der Waals surface area (Å²) >= 11 is 0. The van der Waals surface area contributed by atoms with Crippen molar-refractivity contribution in [2.24, 2.45) is 5.92 Å². The molecule has 1 aliphatic heterocycles. The van der Waals surface area contributed by atoms with E-state index in [1.165, 1.54) is 6.08 Å². The molecule has 0 saturated carbocycles. The monoisotopic (exact) mass is 343 g/mol. The van der Waals surface area contributed by atoms with E-state index >= 15 is 0 Å². The molecule has 3 rings (SSSR count). The predicted molar refractivity (Wildman–Crippen MR) is 91.7 cm³/mol. The lowest BCUT2D eigenvalue weighted by atomic mass is 9.96. The summed E-state index contributed by atoms with van der Waals surface area (Å²) in [7, 11) is -3.84. The van der Waals surface area contributed by atoms with Crippen LogP contribution in [0.3, 0.4) is 0 Å². The van der Waals surface area contributed by atoms with Crippen LogP contribution in [-0.2, 0) is 21.2 Å². The molecule has 0 radical (unpaired) electrons. The SMILES string of the molecule is O=C(NS(=O)(=O)/C=C/c1ccccc1)C1COc2ccccc2C1. The first-order chi connectivity index (χ1) is 11.5. The van der Waals surface area contributed by atoms with Crippen molar-refractivity contribution in [2.45, 2.75) is 6.42 Å². The lowest BCUT2D eigenvalue weighted by Gasteiger charge is -2.24. The highest BCUT2D eigenvalue weighted by atomic mass is 32.2. The van der Waals surface area contributed by atoms with Crippen molar-refractivity contribution in [3.8, 4) is 5.75 Å². The zero-order valence-corrected chi connectivity index (χ0v) is 13.7. The van der Waals surface area contributed by atoms with Gasteiger partial charge in [0.25, 0.3) is 10.0 Å². The average Bonchev–Trinajstić information content (AvgIpc) is 2.60. The van der Waals surface area contributed by atoms with Gasteiger partial charge in [0.15, 0.2) is 0 Å². The summed E-state index contributed by atoms with van der Waals surface area (Å²) in [6.07, 6.45) is 1.90. The highest BCUT2D eigenvalue weighted by Crippen LogP contribution is 2.26. The molecule has 0 fully saturated rings. The van der Waals surface area contributed by atoms with Crippen LogP contribution in [0.25, 0.3) is 6.08 Å². The predicted octanol–water partition coefficient (Wildman–Crippen LogP) is 2.35. The molecule has 0 spiro atoms. The summed E-state index contributed by atoms with van der Waals surface area (Å²) in [5.41, 5.74) is 1.64. The molecule has 1 aliphatic rings. The highest BCUT2D eigenvalue weighted by Gasteiger charge is 2.27. The number of carbonyl (C=O) groups is 1. The topological polar surface area (TPSA) is 72.5 Å². The second-order valence-corrected chi connectivity index (χ2v) is 7.11. The van der Waals surface area contributed by atoms with Crippen LogP contribution >= 0.6 is 0 Å². The van der Waals surface area contributed by atoms with Gasteiger partial charge < -0.3 is 4.74 Å². The molecule has 0 aliphatic carbocycles. The first-order valence-corrected chi connectivity index (χ1v) is 9.09. The van der Waals surface area contributed by atoms with Gasteiger partial charge in [0.1, 0.15) is 12.4 Å². The van der Waals surface area contributed by atoms with Gasteiger partial charge in [-0.1, -0.05) is 48.5 Å². The molecule has 1 unspecified atom stereocenters. The second kappa shape index (κ2) is 6.88. The molecule has 5 nitrogen and oxygen atoms in total. The van der Waals surface area contributed by atoms with E-state index in [-0.39, 0.29) is 6.61 Å². The summed E-state index contributed by atoms with van der Waals surface area (Å²) in [6, 6.07) is 16.4. The van der Waals surface area contributed by atoms with Crippen molar-refractivity contribution in [3.63, 3.8) is 0 Å². The van der Waals surface area contributed by atoms with Gasteiger partial charge in [0.05, 0.1) is 11.3 Å². The number of fused-ring (bicyclic) bond motifs is 1. The van der Waals surface area contributed by atoms with Crippen LogP contribution < -0.4 is 9.46 Å².